The normalized spacial score (nSPS) is 10.7. The number of nitrogen functional groups attached to an aromatic ring is 1. The maximum atomic E-state index is 11.9. The van der Waals surface area contributed by atoms with Gasteiger partial charge >= 0.3 is 0 Å². The Morgan fingerprint density at radius 1 is 1.30 bits per heavy atom. The van der Waals surface area contributed by atoms with Crippen LogP contribution in [0.5, 0.6) is 0 Å². The Bertz CT molecular complexity index is 668. The molecule has 2 aromatic carbocycles. The van der Waals surface area contributed by atoms with Crippen molar-refractivity contribution in [3.05, 3.63) is 63.6 Å². The number of halogens is 1. The summed E-state index contributed by atoms with van der Waals surface area (Å²) in [6.45, 7) is 2.00. The number of hydrogen-bond acceptors (Lipinski definition) is 3. The number of rotatable bonds is 3. The number of benzene rings is 2. The lowest BCUT2D eigenvalue weighted by molar-refractivity contribution is 0.0956. The molecule has 0 heterocycles. The van der Waals surface area contributed by atoms with Crippen LogP contribution in [0.4, 0.5) is 5.69 Å². The summed E-state index contributed by atoms with van der Waals surface area (Å²) in [5.74, 6) is -0.328. The third kappa shape index (κ3) is 3.45. The lowest BCUT2D eigenvalue weighted by atomic mass is 10.2. The van der Waals surface area contributed by atoms with Crippen LogP contribution in [0.25, 0.3) is 0 Å². The van der Waals surface area contributed by atoms with Gasteiger partial charge in [-0.05, 0) is 36.2 Å². The number of hydrogen-bond donors (Lipinski definition) is 2. The summed E-state index contributed by atoms with van der Waals surface area (Å²) in [5.41, 5.74) is 11.1. The molecular formula is C15H14BrN3O. The van der Waals surface area contributed by atoms with Crippen molar-refractivity contribution in [2.75, 3.05) is 5.73 Å². The number of amides is 1. The summed E-state index contributed by atoms with van der Waals surface area (Å²) in [4.78, 5) is 11.9. The van der Waals surface area contributed by atoms with E-state index < -0.39 is 0 Å². The van der Waals surface area contributed by atoms with Crippen molar-refractivity contribution in [3.8, 4) is 0 Å². The van der Waals surface area contributed by atoms with Crippen molar-refractivity contribution in [3.63, 3.8) is 0 Å². The van der Waals surface area contributed by atoms with E-state index in [-0.39, 0.29) is 5.91 Å². The number of anilines is 1. The minimum atomic E-state index is -0.328. The minimum absolute atomic E-state index is 0.328. The molecule has 0 saturated heterocycles. The van der Waals surface area contributed by atoms with Crippen molar-refractivity contribution in [1.29, 1.82) is 0 Å². The third-order valence-electron chi connectivity index (χ3n) is 2.78. The maximum absolute atomic E-state index is 11.9. The molecule has 102 valence electrons. The molecule has 2 aromatic rings. The van der Waals surface area contributed by atoms with E-state index in [2.05, 4.69) is 26.5 Å². The smallest absolute Gasteiger partial charge is 0.273 e. The Kier molecular flexibility index (Phi) is 4.53. The highest BCUT2D eigenvalue weighted by molar-refractivity contribution is 9.10. The summed E-state index contributed by atoms with van der Waals surface area (Å²) >= 11 is 3.45. The van der Waals surface area contributed by atoms with Crippen LogP contribution in [-0.2, 0) is 0 Å². The van der Waals surface area contributed by atoms with Gasteiger partial charge in [-0.1, -0.05) is 40.2 Å². The zero-order valence-electron chi connectivity index (χ0n) is 10.9. The summed E-state index contributed by atoms with van der Waals surface area (Å²) in [5, 5.41) is 3.93. The maximum Gasteiger partial charge on any atom is 0.273 e. The number of carbonyl (C=O) groups excluding carboxylic acids is 1. The number of nitrogens with two attached hydrogens (primary N) is 1. The van der Waals surface area contributed by atoms with Crippen LogP contribution in [0.2, 0.25) is 0 Å². The first kappa shape index (κ1) is 14.3. The average Bonchev–Trinajstić information content (AvgIpc) is 2.43. The molecule has 5 heteroatoms. The van der Waals surface area contributed by atoms with Crippen molar-refractivity contribution >= 4 is 33.7 Å². The molecule has 0 unspecified atom stereocenters. The average molecular weight is 332 g/mol. The number of nitrogens with zero attached hydrogens (tertiary/aromatic N) is 1. The second-order valence-corrected chi connectivity index (χ2v) is 5.15. The van der Waals surface area contributed by atoms with Crippen LogP contribution in [0.3, 0.4) is 0 Å². The first-order valence-corrected chi connectivity index (χ1v) is 6.81. The van der Waals surface area contributed by atoms with E-state index >= 15 is 0 Å². The number of nitrogens with one attached hydrogen (secondary N) is 1. The van der Waals surface area contributed by atoms with Gasteiger partial charge in [0.2, 0.25) is 0 Å². The van der Waals surface area contributed by atoms with Crippen LogP contribution in [0, 0.1) is 6.92 Å². The predicted molar refractivity (Wildman–Crippen MR) is 84.8 cm³/mol. The van der Waals surface area contributed by atoms with E-state index in [1.165, 1.54) is 0 Å². The molecule has 20 heavy (non-hydrogen) atoms. The second kappa shape index (κ2) is 6.34. The van der Waals surface area contributed by atoms with Gasteiger partial charge in [-0.2, -0.15) is 5.10 Å². The van der Waals surface area contributed by atoms with Crippen LogP contribution in [-0.4, -0.2) is 12.1 Å². The summed E-state index contributed by atoms with van der Waals surface area (Å²) in [7, 11) is 0. The van der Waals surface area contributed by atoms with E-state index in [9.17, 15) is 4.79 Å². The Balaban J connectivity index is 2.05. The van der Waals surface area contributed by atoms with E-state index in [0.717, 1.165) is 15.6 Å². The Morgan fingerprint density at radius 2 is 2.05 bits per heavy atom. The minimum Gasteiger partial charge on any atom is -0.398 e. The Hall–Kier alpha value is -2.14. The lowest BCUT2D eigenvalue weighted by Crippen LogP contribution is -2.18. The molecule has 1 amide bonds. The molecule has 0 aliphatic heterocycles. The lowest BCUT2D eigenvalue weighted by Gasteiger charge is -2.03. The topological polar surface area (TPSA) is 67.5 Å². The molecule has 0 aromatic heterocycles. The molecule has 0 saturated carbocycles. The van der Waals surface area contributed by atoms with E-state index in [1.807, 2.05) is 25.1 Å². The number of para-hydroxylation sites is 1. The van der Waals surface area contributed by atoms with Crippen molar-refractivity contribution in [2.24, 2.45) is 5.10 Å². The fourth-order valence-corrected chi connectivity index (χ4v) is 2.02. The first-order chi connectivity index (χ1) is 9.58. The van der Waals surface area contributed by atoms with Gasteiger partial charge in [0.25, 0.3) is 5.91 Å². The SMILES string of the molecule is Cc1ccc(C=NNC(=O)c2ccccc2N)cc1Br. The molecule has 0 atom stereocenters. The van der Waals surface area contributed by atoms with Crippen molar-refractivity contribution in [1.82, 2.24) is 5.43 Å². The molecule has 0 radical (unpaired) electrons. The van der Waals surface area contributed by atoms with E-state index in [1.54, 1.807) is 30.5 Å². The molecule has 0 fully saturated rings. The standard InChI is InChI=1S/C15H14BrN3O/c1-10-6-7-11(8-13(10)16)9-18-19-15(20)12-4-2-3-5-14(12)17/h2-9H,17H2,1H3,(H,19,20). The fraction of sp³-hybridized carbons (Fsp3) is 0.0667. The molecule has 3 N–H and O–H groups in total. The quantitative estimate of drug-likeness (QED) is 0.515. The van der Waals surface area contributed by atoms with Crippen LogP contribution >= 0.6 is 15.9 Å². The Labute approximate surface area is 125 Å². The molecule has 0 aliphatic rings. The van der Waals surface area contributed by atoms with E-state index in [0.29, 0.717) is 11.3 Å². The van der Waals surface area contributed by atoms with Crippen LogP contribution < -0.4 is 11.2 Å². The van der Waals surface area contributed by atoms with Gasteiger partial charge in [-0.25, -0.2) is 5.43 Å². The zero-order chi connectivity index (χ0) is 14.5. The number of aryl methyl sites for hydroxylation is 1. The van der Waals surface area contributed by atoms with Gasteiger partial charge in [0.05, 0.1) is 11.8 Å². The zero-order valence-corrected chi connectivity index (χ0v) is 12.5. The number of carbonyl (C=O) groups is 1. The van der Waals surface area contributed by atoms with Crippen molar-refractivity contribution < 1.29 is 4.79 Å². The largest absolute Gasteiger partial charge is 0.398 e. The molecule has 0 spiro atoms. The summed E-state index contributed by atoms with van der Waals surface area (Å²) in [6.07, 6.45) is 1.58. The monoisotopic (exact) mass is 331 g/mol. The highest BCUT2D eigenvalue weighted by Gasteiger charge is 2.06. The Morgan fingerprint density at radius 3 is 2.75 bits per heavy atom. The van der Waals surface area contributed by atoms with Gasteiger partial charge < -0.3 is 5.73 Å². The summed E-state index contributed by atoms with van der Waals surface area (Å²) < 4.78 is 1.00. The van der Waals surface area contributed by atoms with Gasteiger partial charge in [0.15, 0.2) is 0 Å². The van der Waals surface area contributed by atoms with Gasteiger partial charge in [-0.15, -0.1) is 0 Å². The third-order valence-corrected chi connectivity index (χ3v) is 3.64. The predicted octanol–water partition coefficient (Wildman–Crippen LogP) is 3.10. The van der Waals surface area contributed by atoms with Crippen LogP contribution in [0.15, 0.2) is 52.0 Å². The van der Waals surface area contributed by atoms with E-state index in [4.69, 9.17) is 5.73 Å². The summed E-state index contributed by atoms with van der Waals surface area (Å²) in [6, 6.07) is 12.7. The molecule has 4 nitrogen and oxygen atoms in total. The fourth-order valence-electron chi connectivity index (χ4n) is 1.62. The van der Waals surface area contributed by atoms with Gasteiger partial charge in [0, 0.05) is 10.2 Å². The van der Waals surface area contributed by atoms with Gasteiger partial charge in [0.1, 0.15) is 0 Å². The molecule has 2 rings (SSSR count). The first-order valence-electron chi connectivity index (χ1n) is 6.02. The highest BCUT2D eigenvalue weighted by atomic mass is 79.9. The second-order valence-electron chi connectivity index (χ2n) is 4.29. The molecule has 0 bridgehead atoms. The highest BCUT2D eigenvalue weighted by Crippen LogP contribution is 2.16. The van der Waals surface area contributed by atoms with Crippen LogP contribution in [0.1, 0.15) is 21.5 Å². The van der Waals surface area contributed by atoms with Gasteiger partial charge in [-0.3, -0.25) is 4.79 Å². The molecule has 0 aliphatic carbocycles. The molecular weight excluding hydrogens is 318 g/mol. The van der Waals surface area contributed by atoms with Crippen molar-refractivity contribution in [2.45, 2.75) is 6.92 Å². The number of hydrazone groups is 1.